The topological polar surface area (TPSA) is 97.0 Å². The van der Waals surface area contributed by atoms with Crippen LogP contribution in [-0.2, 0) is 10.5 Å². The zero-order valence-corrected chi connectivity index (χ0v) is 16.6. The molecule has 1 aromatic carbocycles. The number of piperidine rings is 1. The molecule has 2 heterocycles. The van der Waals surface area contributed by atoms with Crippen molar-refractivity contribution in [2.24, 2.45) is 0 Å². The van der Waals surface area contributed by atoms with E-state index in [9.17, 15) is 4.79 Å². The molecule has 1 saturated heterocycles. The quantitative estimate of drug-likeness (QED) is 0.787. The second-order valence-electron chi connectivity index (χ2n) is 6.80. The van der Waals surface area contributed by atoms with Gasteiger partial charge >= 0.3 is 0 Å². The second kappa shape index (κ2) is 9.03. The number of carbonyl (C=O) groups is 1. The summed E-state index contributed by atoms with van der Waals surface area (Å²) >= 11 is 1.51. The van der Waals surface area contributed by atoms with Crippen molar-refractivity contribution in [2.75, 3.05) is 23.3 Å². The van der Waals surface area contributed by atoms with Crippen LogP contribution in [0.15, 0.2) is 24.3 Å². The van der Waals surface area contributed by atoms with Crippen LogP contribution < -0.4 is 11.1 Å². The monoisotopic (exact) mass is 386 g/mol. The van der Waals surface area contributed by atoms with E-state index in [1.165, 1.54) is 18.2 Å². The van der Waals surface area contributed by atoms with Crippen LogP contribution in [0, 0.1) is 6.92 Å². The summed E-state index contributed by atoms with van der Waals surface area (Å²) in [6, 6.07) is 8.23. The fourth-order valence-electron chi connectivity index (χ4n) is 3.17. The van der Waals surface area contributed by atoms with E-state index in [0.29, 0.717) is 29.3 Å². The van der Waals surface area contributed by atoms with Crippen molar-refractivity contribution >= 4 is 35.3 Å². The van der Waals surface area contributed by atoms with Crippen molar-refractivity contribution in [3.8, 4) is 0 Å². The van der Waals surface area contributed by atoms with Crippen LogP contribution >= 0.6 is 11.8 Å². The highest BCUT2D eigenvalue weighted by Gasteiger charge is 2.22. The van der Waals surface area contributed by atoms with Crippen molar-refractivity contribution in [2.45, 2.75) is 44.9 Å². The molecule has 7 nitrogen and oxygen atoms in total. The van der Waals surface area contributed by atoms with Crippen molar-refractivity contribution in [3.05, 3.63) is 35.7 Å². The summed E-state index contributed by atoms with van der Waals surface area (Å²) in [5.74, 6) is 2.30. The van der Waals surface area contributed by atoms with Gasteiger partial charge < -0.3 is 16.0 Å². The summed E-state index contributed by atoms with van der Waals surface area (Å²) in [5.41, 5.74) is 7.85. The minimum absolute atomic E-state index is 0.174. The molecule has 1 atom stereocenters. The number of benzene rings is 1. The summed E-state index contributed by atoms with van der Waals surface area (Å²) in [6.45, 7) is 5.00. The maximum atomic E-state index is 12.4. The van der Waals surface area contributed by atoms with Crippen LogP contribution in [0.25, 0.3) is 0 Å². The molecule has 1 aliphatic heterocycles. The van der Waals surface area contributed by atoms with Gasteiger partial charge in [0.25, 0.3) is 0 Å². The van der Waals surface area contributed by atoms with Gasteiger partial charge in [-0.1, -0.05) is 18.2 Å². The molecule has 0 unspecified atom stereocenters. The molecule has 0 radical (unpaired) electrons. The number of hydrogen-bond acceptors (Lipinski definition) is 7. The van der Waals surface area contributed by atoms with Gasteiger partial charge in [0.15, 0.2) is 0 Å². The minimum Gasteiger partial charge on any atom is -0.368 e. The SMILES string of the molecule is Cc1ccccc1Nc1nc(N)nc(CSCC(=O)N2CCCC[C@@H]2C)n1. The lowest BCUT2D eigenvalue weighted by Crippen LogP contribution is -2.42. The highest BCUT2D eigenvalue weighted by molar-refractivity contribution is 7.99. The van der Waals surface area contributed by atoms with Gasteiger partial charge in [-0.25, -0.2) is 0 Å². The first kappa shape index (κ1) is 19.4. The lowest BCUT2D eigenvalue weighted by Gasteiger charge is -2.33. The van der Waals surface area contributed by atoms with Crippen LogP contribution in [0.4, 0.5) is 17.6 Å². The molecule has 1 fully saturated rings. The Hall–Kier alpha value is -2.35. The zero-order chi connectivity index (χ0) is 19.2. The van der Waals surface area contributed by atoms with Gasteiger partial charge in [0.2, 0.25) is 17.8 Å². The van der Waals surface area contributed by atoms with E-state index in [1.54, 1.807) is 0 Å². The standard InChI is InChI=1S/C19H26N6OS/c1-13-7-3-4-9-15(13)21-19-23-16(22-18(20)24-19)11-27-12-17(26)25-10-6-5-8-14(25)2/h3-4,7,9,14H,5-6,8,10-12H2,1-2H3,(H3,20,21,22,23,24)/t14-/m0/s1. The predicted molar refractivity (Wildman–Crippen MR) is 110 cm³/mol. The molecule has 3 N–H and O–H groups in total. The predicted octanol–water partition coefficient (Wildman–Crippen LogP) is 3.14. The first-order valence-corrected chi connectivity index (χ1v) is 10.4. The van der Waals surface area contributed by atoms with E-state index in [1.807, 2.05) is 36.1 Å². The molecule has 2 aromatic rings. The molecular formula is C19H26N6OS. The van der Waals surface area contributed by atoms with Crippen LogP contribution in [-0.4, -0.2) is 44.1 Å². The van der Waals surface area contributed by atoms with Gasteiger partial charge in [-0.15, -0.1) is 11.8 Å². The zero-order valence-electron chi connectivity index (χ0n) is 15.8. The summed E-state index contributed by atoms with van der Waals surface area (Å²) in [4.78, 5) is 27.2. The molecule has 3 rings (SSSR count). The third kappa shape index (κ3) is 5.32. The van der Waals surface area contributed by atoms with E-state index in [2.05, 4.69) is 27.2 Å². The van der Waals surface area contributed by atoms with Gasteiger partial charge in [0.1, 0.15) is 5.82 Å². The Kier molecular flexibility index (Phi) is 6.49. The second-order valence-corrected chi connectivity index (χ2v) is 7.78. The fourth-order valence-corrected chi connectivity index (χ4v) is 3.93. The largest absolute Gasteiger partial charge is 0.368 e. The van der Waals surface area contributed by atoms with Gasteiger partial charge in [-0.05, 0) is 44.7 Å². The number of nitrogen functional groups attached to an aromatic ring is 1. The Labute approximate surface area is 164 Å². The normalized spacial score (nSPS) is 17.0. The van der Waals surface area contributed by atoms with E-state index in [4.69, 9.17) is 5.73 Å². The fraction of sp³-hybridized carbons (Fsp3) is 0.474. The van der Waals surface area contributed by atoms with Crippen molar-refractivity contribution < 1.29 is 4.79 Å². The van der Waals surface area contributed by atoms with Gasteiger partial charge in [0.05, 0.1) is 11.5 Å². The summed E-state index contributed by atoms with van der Waals surface area (Å²) < 4.78 is 0. The van der Waals surface area contributed by atoms with Crippen LogP contribution in [0.5, 0.6) is 0 Å². The average Bonchev–Trinajstić information content (AvgIpc) is 2.63. The van der Waals surface area contributed by atoms with Crippen LogP contribution in [0.2, 0.25) is 0 Å². The number of rotatable bonds is 6. The third-order valence-corrected chi connectivity index (χ3v) is 5.58. The molecule has 0 saturated carbocycles. The summed E-state index contributed by atoms with van der Waals surface area (Å²) in [6.07, 6.45) is 3.39. The Balaban J connectivity index is 1.58. The Morgan fingerprint density at radius 1 is 1.30 bits per heavy atom. The number of nitrogens with one attached hydrogen (secondary N) is 1. The van der Waals surface area contributed by atoms with Gasteiger partial charge in [-0.2, -0.15) is 15.0 Å². The Morgan fingerprint density at radius 3 is 2.89 bits per heavy atom. The smallest absolute Gasteiger partial charge is 0.232 e. The number of likely N-dealkylation sites (tertiary alicyclic amines) is 1. The van der Waals surface area contributed by atoms with E-state index < -0.39 is 0 Å². The number of anilines is 3. The van der Waals surface area contributed by atoms with E-state index in [0.717, 1.165) is 30.6 Å². The van der Waals surface area contributed by atoms with Crippen molar-refractivity contribution in [3.63, 3.8) is 0 Å². The highest BCUT2D eigenvalue weighted by atomic mass is 32.2. The lowest BCUT2D eigenvalue weighted by atomic mass is 10.0. The van der Waals surface area contributed by atoms with Gasteiger partial charge in [-0.3, -0.25) is 4.79 Å². The third-order valence-electron chi connectivity index (χ3n) is 4.67. The Bertz CT molecular complexity index is 800. The maximum Gasteiger partial charge on any atom is 0.232 e. The molecule has 1 aliphatic rings. The lowest BCUT2D eigenvalue weighted by molar-refractivity contribution is -0.131. The van der Waals surface area contributed by atoms with Gasteiger partial charge in [0, 0.05) is 18.3 Å². The molecular weight excluding hydrogens is 360 g/mol. The Morgan fingerprint density at radius 2 is 2.11 bits per heavy atom. The average molecular weight is 387 g/mol. The number of thioether (sulfide) groups is 1. The van der Waals surface area contributed by atoms with E-state index >= 15 is 0 Å². The van der Waals surface area contributed by atoms with Crippen LogP contribution in [0.3, 0.4) is 0 Å². The highest BCUT2D eigenvalue weighted by Crippen LogP contribution is 2.20. The minimum atomic E-state index is 0.174. The number of amides is 1. The number of aryl methyl sites for hydroxylation is 1. The number of carbonyl (C=O) groups excluding carboxylic acids is 1. The molecule has 1 amide bonds. The first-order valence-electron chi connectivity index (χ1n) is 9.23. The molecule has 144 valence electrons. The molecule has 0 aliphatic carbocycles. The molecule has 27 heavy (non-hydrogen) atoms. The molecule has 0 spiro atoms. The first-order chi connectivity index (χ1) is 13.0. The molecule has 0 bridgehead atoms. The number of hydrogen-bond donors (Lipinski definition) is 2. The summed E-state index contributed by atoms with van der Waals surface area (Å²) in [7, 11) is 0. The van der Waals surface area contributed by atoms with Crippen molar-refractivity contribution in [1.29, 1.82) is 0 Å². The number of nitrogens with zero attached hydrogens (tertiary/aromatic N) is 4. The maximum absolute atomic E-state index is 12.4. The van der Waals surface area contributed by atoms with E-state index in [-0.39, 0.29) is 11.9 Å². The number of nitrogens with two attached hydrogens (primary N) is 1. The number of aromatic nitrogens is 3. The summed E-state index contributed by atoms with van der Waals surface area (Å²) in [5, 5.41) is 3.18. The number of para-hydroxylation sites is 1. The van der Waals surface area contributed by atoms with Crippen molar-refractivity contribution in [1.82, 2.24) is 19.9 Å². The molecule has 1 aromatic heterocycles. The van der Waals surface area contributed by atoms with Crippen LogP contribution in [0.1, 0.15) is 37.6 Å². The molecule has 8 heteroatoms.